The number of carbonyl (C=O) groups excluding carboxylic acids is 1. The number of aliphatic imine (C=N–C) groups is 1. The number of guanidine groups is 1. The molecule has 0 spiro atoms. The standard InChI is InChI=1S/C21H26ClN5O2/c1-29-19-8-7-16(15-18(19)22)25-21(23)24-10-9-20(28)27-13-11-26(12-14-27)17-5-3-2-4-6-17/h2-8,15H,9-14H2,1H3,(H3,23,24,25). The number of nitrogens with zero attached hydrogens (tertiary/aromatic N) is 3. The Morgan fingerprint density at radius 3 is 2.55 bits per heavy atom. The molecule has 1 amide bonds. The zero-order chi connectivity index (χ0) is 20.6. The van der Waals surface area contributed by atoms with Crippen molar-refractivity contribution < 1.29 is 9.53 Å². The quantitative estimate of drug-likeness (QED) is 0.560. The number of anilines is 2. The minimum Gasteiger partial charge on any atom is -0.495 e. The van der Waals surface area contributed by atoms with Crippen LogP contribution in [0.3, 0.4) is 0 Å². The normalized spacial score (nSPS) is 14.6. The highest BCUT2D eigenvalue weighted by Crippen LogP contribution is 2.27. The second kappa shape index (κ2) is 10.0. The molecule has 3 rings (SSSR count). The lowest BCUT2D eigenvalue weighted by atomic mass is 10.2. The lowest BCUT2D eigenvalue weighted by molar-refractivity contribution is -0.131. The van der Waals surface area contributed by atoms with E-state index in [4.69, 9.17) is 22.1 Å². The summed E-state index contributed by atoms with van der Waals surface area (Å²) in [5.41, 5.74) is 7.81. The van der Waals surface area contributed by atoms with Crippen molar-refractivity contribution in [1.82, 2.24) is 4.90 Å². The van der Waals surface area contributed by atoms with Crippen LogP contribution >= 0.6 is 11.6 Å². The Bertz CT molecular complexity index is 851. The molecule has 1 fully saturated rings. The molecule has 0 aromatic heterocycles. The van der Waals surface area contributed by atoms with Gasteiger partial charge in [-0.25, -0.2) is 0 Å². The van der Waals surface area contributed by atoms with E-state index in [1.54, 1.807) is 25.3 Å². The van der Waals surface area contributed by atoms with Crippen molar-refractivity contribution >= 4 is 34.8 Å². The number of hydrogen-bond donors (Lipinski definition) is 2. The number of nitrogens with one attached hydrogen (secondary N) is 1. The predicted molar refractivity (Wildman–Crippen MR) is 118 cm³/mol. The number of methoxy groups -OCH3 is 1. The van der Waals surface area contributed by atoms with Gasteiger partial charge in [0.1, 0.15) is 5.75 Å². The first-order valence-electron chi connectivity index (χ1n) is 9.55. The molecule has 0 radical (unpaired) electrons. The Labute approximate surface area is 176 Å². The summed E-state index contributed by atoms with van der Waals surface area (Å²) in [5.74, 6) is 0.931. The fourth-order valence-corrected chi connectivity index (χ4v) is 3.47. The molecule has 1 aliphatic rings. The summed E-state index contributed by atoms with van der Waals surface area (Å²) in [5, 5.41) is 3.45. The SMILES string of the molecule is COc1ccc(NC(N)=NCCC(=O)N2CCN(c3ccccc3)CC2)cc1Cl. The van der Waals surface area contributed by atoms with E-state index in [0.717, 1.165) is 26.2 Å². The molecule has 3 N–H and O–H groups in total. The van der Waals surface area contributed by atoms with Crippen LogP contribution < -0.4 is 20.7 Å². The largest absolute Gasteiger partial charge is 0.495 e. The minimum atomic E-state index is 0.0988. The van der Waals surface area contributed by atoms with Crippen molar-refractivity contribution in [3.63, 3.8) is 0 Å². The Balaban J connectivity index is 1.43. The number of ether oxygens (including phenoxy) is 1. The number of hydrogen-bond acceptors (Lipinski definition) is 4. The molecule has 1 saturated heterocycles. The van der Waals surface area contributed by atoms with Gasteiger partial charge in [-0.2, -0.15) is 0 Å². The molecule has 0 atom stereocenters. The summed E-state index contributed by atoms with van der Waals surface area (Å²) in [7, 11) is 1.56. The van der Waals surface area contributed by atoms with Gasteiger partial charge in [-0.3, -0.25) is 9.79 Å². The summed E-state index contributed by atoms with van der Waals surface area (Å²) in [6.45, 7) is 3.44. The molecular formula is C21H26ClN5O2. The number of rotatable bonds is 6. The first-order valence-corrected chi connectivity index (χ1v) is 9.93. The fourth-order valence-electron chi connectivity index (χ4n) is 3.21. The van der Waals surface area contributed by atoms with Crippen LogP contribution in [0.1, 0.15) is 6.42 Å². The molecule has 1 aliphatic heterocycles. The van der Waals surface area contributed by atoms with E-state index in [9.17, 15) is 4.79 Å². The number of piperazine rings is 1. The van der Waals surface area contributed by atoms with Crippen LogP contribution in [0.4, 0.5) is 11.4 Å². The van der Waals surface area contributed by atoms with Crippen LogP contribution in [0.5, 0.6) is 5.75 Å². The molecule has 2 aromatic carbocycles. The van der Waals surface area contributed by atoms with Crippen molar-refractivity contribution in [3.8, 4) is 5.75 Å². The van der Waals surface area contributed by atoms with Crippen molar-refractivity contribution in [2.45, 2.75) is 6.42 Å². The number of benzene rings is 2. The van der Waals surface area contributed by atoms with E-state index in [0.29, 0.717) is 29.4 Å². The molecular weight excluding hydrogens is 390 g/mol. The molecule has 29 heavy (non-hydrogen) atoms. The zero-order valence-electron chi connectivity index (χ0n) is 16.5. The van der Waals surface area contributed by atoms with Gasteiger partial charge in [-0.15, -0.1) is 0 Å². The highest BCUT2D eigenvalue weighted by molar-refractivity contribution is 6.32. The first-order chi connectivity index (χ1) is 14.1. The van der Waals surface area contributed by atoms with Gasteiger partial charge >= 0.3 is 0 Å². The fraction of sp³-hybridized carbons (Fsp3) is 0.333. The molecule has 8 heteroatoms. The zero-order valence-corrected chi connectivity index (χ0v) is 17.2. The van der Waals surface area contributed by atoms with E-state index >= 15 is 0 Å². The van der Waals surface area contributed by atoms with Crippen molar-refractivity contribution in [3.05, 3.63) is 53.6 Å². The van der Waals surface area contributed by atoms with Crippen molar-refractivity contribution in [1.29, 1.82) is 0 Å². The molecule has 7 nitrogen and oxygen atoms in total. The van der Waals surface area contributed by atoms with Crippen LogP contribution in [0.25, 0.3) is 0 Å². The number of amides is 1. The Morgan fingerprint density at radius 1 is 1.17 bits per heavy atom. The van der Waals surface area contributed by atoms with Crippen LogP contribution in [0.15, 0.2) is 53.5 Å². The van der Waals surface area contributed by atoms with E-state index in [2.05, 4.69) is 27.3 Å². The Hall–Kier alpha value is -2.93. The van der Waals surface area contributed by atoms with Crippen molar-refractivity contribution in [2.24, 2.45) is 10.7 Å². The van der Waals surface area contributed by atoms with Gasteiger partial charge in [-0.05, 0) is 30.3 Å². The topological polar surface area (TPSA) is 83.2 Å². The maximum absolute atomic E-state index is 12.4. The lowest BCUT2D eigenvalue weighted by Gasteiger charge is -2.36. The van der Waals surface area contributed by atoms with Gasteiger partial charge in [0, 0.05) is 44.0 Å². The second-order valence-corrected chi connectivity index (χ2v) is 7.10. The van der Waals surface area contributed by atoms with Crippen LogP contribution in [-0.4, -0.2) is 56.6 Å². The van der Waals surface area contributed by atoms with E-state index in [-0.39, 0.29) is 11.9 Å². The first kappa shape index (κ1) is 20.8. The number of carbonyl (C=O) groups is 1. The number of nitrogens with two attached hydrogens (primary N) is 1. The molecule has 154 valence electrons. The van der Waals surface area contributed by atoms with Crippen LogP contribution in [0.2, 0.25) is 5.02 Å². The highest BCUT2D eigenvalue weighted by atomic mass is 35.5. The lowest BCUT2D eigenvalue weighted by Crippen LogP contribution is -2.48. The average Bonchev–Trinajstić information content (AvgIpc) is 2.74. The van der Waals surface area contributed by atoms with Crippen LogP contribution in [-0.2, 0) is 4.79 Å². The van der Waals surface area contributed by atoms with Gasteiger partial charge in [0.2, 0.25) is 5.91 Å². The van der Waals surface area contributed by atoms with Gasteiger partial charge in [0.05, 0.1) is 18.7 Å². The molecule has 0 saturated carbocycles. The third-order valence-electron chi connectivity index (χ3n) is 4.79. The third-order valence-corrected chi connectivity index (χ3v) is 5.08. The smallest absolute Gasteiger partial charge is 0.224 e. The van der Waals surface area contributed by atoms with Gasteiger partial charge < -0.3 is 25.6 Å². The van der Waals surface area contributed by atoms with Gasteiger partial charge in [-0.1, -0.05) is 29.8 Å². The van der Waals surface area contributed by atoms with Crippen LogP contribution in [0, 0.1) is 0 Å². The molecule has 0 bridgehead atoms. The second-order valence-electron chi connectivity index (χ2n) is 6.69. The van der Waals surface area contributed by atoms with Crippen molar-refractivity contribution in [2.75, 3.05) is 50.1 Å². The minimum absolute atomic E-state index is 0.0988. The molecule has 0 aliphatic carbocycles. The summed E-state index contributed by atoms with van der Waals surface area (Å²) < 4.78 is 5.12. The van der Waals surface area contributed by atoms with Gasteiger partial charge in [0.25, 0.3) is 0 Å². The van der Waals surface area contributed by atoms with Gasteiger partial charge in [0.15, 0.2) is 5.96 Å². The Morgan fingerprint density at radius 2 is 1.90 bits per heavy atom. The molecule has 0 unspecified atom stereocenters. The summed E-state index contributed by atoms with van der Waals surface area (Å²) >= 11 is 6.09. The summed E-state index contributed by atoms with van der Waals surface area (Å²) in [6, 6.07) is 15.5. The average molecular weight is 416 g/mol. The third kappa shape index (κ3) is 5.77. The number of para-hydroxylation sites is 1. The number of halogens is 1. The van der Waals surface area contributed by atoms with E-state index < -0.39 is 0 Å². The Kier molecular flexibility index (Phi) is 7.19. The monoisotopic (exact) mass is 415 g/mol. The maximum atomic E-state index is 12.4. The van der Waals surface area contributed by atoms with E-state index in [1.165, 1.54) is 5.69 Å². The predicted octanol–water partition coefficient (Wildman–Crippen LogP) is 2.81. The highest BCUT2D eigenvalue weighted by Gasteiger charge is 2.20. The molecule has 1 heterocycles. The maximum Gasteiger partial charge on any atom is 0.224 e. The van der Waals surface area contributed by atoms with E-state index in [1.807, 2.05) is 23.1 Å². The molecule has 2 aromatic rings. The summed E-state index contributed by atoms with van der Waals surface area (Å²) in [4.78, 5) is 20.9. The summed E-state index contributed by atoms with van der Waals surface area (Å²) in [6.07, 6.45) is 0.330.